The van der Waals surface area contributed by atoms with Gasteiger partial charge in [-0.25, -0.2) is 0 Å². The van der Waals surface area contributed by atoms with Crippen molar-refractivity contribution in [2.45, 2.75) is 25.4 Å². The van der Waals surface area contributed by atoms with E-state index in [2.05, 4.69) is 0 Å². The summed E-state index contributed by atoms with van der Waals surface area (Å²) in [6, 6.07) is 7.87. The normalized spacial score (nSPS) is 15.7. The van der Waals surface area contributed by atoms with Crippen molar-refractivity contribution in [2.24, 2.45) is 0 Å². The average Bonchev–Trinajstić information content (AvgIpc) is 2.26. The Balaban J connectivity index is 0.00000289. The van der Waals surface area contributed by atoms with Gasteiger partial charge in [0.2, 0.25) is 0 Å². The molecule has 0 radical (unpaired) electrons. The number of benzene rings is 1. The Morgan fingerprint density at radius 3 is 2.50 bits per heavy atom. The molecule has 1 rings (SSSR count). The predicted molar refractivity (Wildman–Crippen MR) is 77.8 cm³/mol. The van der Waals surface area contributed by atoms with E-state index in [1.165, 1.54) is 0 Å². The van der Waals surface area contributed by atoms with Gasteiger partial charge in [-0.3, -0.25) is 0 Å². The van der Waals surface area contributed by atoms with E-state index in [9.17, 15) is 5.11 Å². The van der Waals surface area contributed by atoms with E-state index < -0.39 is 5.60 Å². The molecule has 0 heterocycles. The second-order valence-electron chi connectivity index (χ2n) is 5.09. The van der Waals surface area contributed by atoms with Crippen molar-refractivity contribution >= 4 is 12.4 Å². The van der Waals surface area contributed by atoms with E-state index in [1.807, 2.05) is 57.1 Å². The molecule has 3 nitrogen and oxygen atoms in total. The Bertz CT molecular complexity index is 367. The van der Waals surface area contributed by atoms with E-state index in [-0.39, 0.29) is 18.3 Å². The maximum Gasteiger partial charge on any atom is 0.119 e. The monoisotopic (exact) mass is 273 g/mol. The van der Waals surface area contributed by atoms with Crippen LogP contribution >= 0.6 is 12.4 Å². The smallest absolute Gasteiger partial charge is 0.119 e. The van der Waals surface area contributed by atoms with Crippen LogP contribution in [0, 0.1) is 0 Å². The van der Waals surface area contributed by atoms with Crippen LogP contribution in [0.4, 0.5) is 0 Å². The van der Waals surface area contributed by atoms with Crippen LogP contribution in [0.5, 0.6) is 5.75 Å². The number of rotatable bonds is 5. The summed E-state index contributed by atoms with van der Waals surface area (Å²) in [5.74, 6) is 0.884. The van der Waals surface area contributed by atoms with Crippen LogP contribution < -0.4 is 4.74 Å². The van der Waals surface area contributed by atoms with Crippen LogP contribution in [0.2, 0.25) is 0 Å². The first-order chi connectivity index (χ1) is 7.86. The van der Waals surface area contributed by atoms with Crippen molar-refractivity contribution in [1.29, 1.82) is 0 Å². The highest BCUT2D eigenvalue weighted by atomic mass is 35.5. The number of halogens is 1. The molecule has 0 aliphatic rings. The van der Waals surface area contributed by atoms with Gasteiger partial charge in [-0.05, 0) is 38.7 Å². The molecule has 0 unspecified atom stereocenters. The number of hydrogen-bond acceptors (Lipinski definition) is 3. The van der Waals surface area contributed by atoms with Crippen LogP contribution in [0.3, 0.4) is 0 Å². The van der Waals surface area contributed by atoms with Gasteiger partial charge < -0.3 is 14.7 Å². The Morgan fingerprint density at radius 2 is 2.00 bits per heavy atom. The number of aliphatic hydroxyl groups is 1. The van der Waals surface area contributed by atoms with Gasteiger partial charge >= 0.3 is 0 Å². The molecule has 0 aromatic heterocycles. The fourth-order valence-electron chi connectivity index (χ4n) is 2.05. The molecular weight excluding hydrogens is 250 g/mol. The summed E-state index contributed by atoms with van der Waals surface area (Å²) in [7, 11) is 5.58. The van der Waals surface area contributed by atoms with Crippen molar-refractivity contribution < 1.29 is 9.84 Å². The first-order valence-electron chi connectivity index (χ1n) is 5.88. The number of hydrogen-bond donors (Lipinski definition) is 1. The minimum atomic E-state index is -0.754. The molecule has 0 spiro atoms. The summed E-state index contributed by atoms with van der Waals surface area (Å²) in [6.07, 6.45) is 0. The molecule has 0 bridgehead atoms. The molecule has 0 saturated heterocycles. The van der Waals surface area contributed by atoms with Crippen LogP contribution in [0.25, 0.3) is 0 Å². The van der Waals surface area contributed by atoms with Gasteiger partial charge in [-0.2, -0.15) is 0 Å². The van der Waals surface area contributed by atoms with Crippen molar-refractivity contribution in [2.75, 3.05) is 27.7 Å². The van der Waals surface area contributed by atoms with Gasteiger partial charge in [0.25, 0.3) is 0 Å². The first-order valence-corrected chi connectivity index (χ1v) is 5.88. The Kier molecular flexibility index (Phi) is 6.68. The van der Waals surface area contributed by atoms with E-state index in [1.54, 1.807) is 7.11 Å². The Hall–Kier alpha value is -0.770. The van der Waals surface area contributed by atoms with Gasteiger partial charge in [0, 0.05) is 12.5 Å². The number of likely N-dealkylation sites (N-methyl/N-ethyl adjacent to an activating group) is 1. The van der Waals surface area contributed by atoms with Crippen molar-refractivity contribution in [3.05, 3.63) is 29.8 Å². The number of ether oxygens (including phenoxy) is 1. The highest BCUT2D eigenvalue weighted by molar-refractivity contribution is 5.85. The third-order valence-corrected chi connectivity index (χ3v) is 3.16. The topological polar surface area (TPSA) is 32.7 Å². The van der Waals surface area contributed by atoms with E-state index >= 15 is 0 Å². The largest absolute Gasteiger partial charge is 0.497 e. The van der Waals surface area contributed by atoms with Gasteiger partial charge in [-0.15, -0.1) is 12.4 Å². The SMILES string of the molecule is COc1cccc([C@H](C)[C@](C)(O)CN(C)C)c1.Cl. The molecule has 0 aliphatic heterocycles. The standard InChI is InChI=1S/C14H23NO2.ClH/c1-11(14(2,16)10-15(3)4)12-7-6-8-13(9-12)17-5;/h6-9,11,16H,10H2,1-5H3;1H/t11-,14+;/m0./s1. The molecule has 1 aromatic carbocycles. The lowest BCUT2D eigenvalue weighted by atomic mass is 9.84. The van der Waals surface area contributed by atoms with Crippen LogP contribution in [-0.2, 0) is 0 Å². The zero-order valence-corrected chi connectivity index (χ0v) is 12.6. The third-order valence-electron chi connectivity index (χ3n) is 3.16. The van der Waals surface area contributed by atoms with Crippen LogP contribution in [0.1, 0.15) is 25.3 Å². The van der Waals surface area contributed by atoms with Crippen molar-refractivity contribution in [3.63, 3.8) is 0 Å². The quantitative estimate of drug-likeness (QED) is 0.895. The van der Waals surface area contributed by atoms with Crippen molar-refractivity contribution in [1.82, 2.24) is 4.90 Å². The third kappa shape index (κ3) is 4.48. The summed E-state index contributed by atoms with van der Waals surface area (Å²) in [6.45, 7) is 4.54. The zero-order valence-electron chi connectivity index (χ0n) is 11.8. The zero-order chi connectivity index (χ0) is 13.1. The summed E-state index contributed by atoms with van der Waals surface area (Å²) >= 11 is 0. The lowest BCUT2D eigenvalue weighted by Gasteiger charge is -2.33. The summed E-state index contributed by atoms with van der Waals surface area (Å²) in [4.78, 5) is 2.00. The van der Waals surface area contributed by atoms with E-state index in [0.29, 0.717) is 6.54 Å². The van der Waals surface area contributed by atoms with Gasteiger partial charge in [0.1, 0.15) is 5.75 Å². The van der Waals surface area contributed by atoms with Gasteiger partial charge in [0.15, 0.2) is 0 Å². The predicted octanol–water partition coefficient (Wildman–Crippen LogP) is 2.53. The number of nitrogens with zero attached hydrogens (tertiary/aromatic N) is 1. The van der Waals surface area contributed by atoms with Gasteiger partial charge in [0.05, 0.1) is 12.7 Å². The fraction of sp³-hybridized carbons (Fsp3) is 0.571. The lowest BCUT2D eigenvalue weighted by molar-refractivity contribution is 0.0123. The molecular formula is C14H24ClNO2. The first kappa shape index (κ1) is 17.2. The molecule has 4 heteroatoms. The molecule has 1 aromatic rings. The lowest BCUT2D eigenvalue weighted by Crippen LogP contribution is -2.41. The molecule has 104 valence electrons. The van der Waals surface area contributed by atoms with Crippen LogP contribution in [0.15, 0.2) is 24.3 Å². The molecule has 0 amide bonds. The average molecular weight is 274 g/mol. The second kappa shape index (κ2) is 6.98. The molecule has 0 fully saturated rings. The maximum atomic E-state index is 10.5. The Morgan fingerprint density at radius 1 is 1.39 bits per heavy atom. The maximum absolute atomic E-state index is 10.5. The van der Waals surface area contributed by atoms with Gasteiger partial charge in [-0.1, -0.05) is 19.1 Å². The van der Waals surface area contributed by atoms with Crippen molar-refractivity contribution in [3.8, 4) is 5.75 Å². The minimum absolute atomic E-state index is 0. The van der Waals surface area contributed by atoms with E-state index in [4.69, 9.17) is 4.74 Å². The summed E-state index contributed by atoms with van der Waals surface area (Å²) < 4.78 is 5.21. The second-order valence-corrected chi connectivity index (χ2v) is 5.09. The molecule has 1 N–H and O–H groups in total. The molecule has 0 aliphatic carbocycles. The molecule has 2 atom stereocenters. The van der Waals surface area contributed by atoms with Crippen LogP contribution in [-0.4, -0.2) is 43.4 Å². The van der Waals surface area contributed by atoms with E-state index in [0.717, 1.165) is 11.3 Å². The molecule has 0 saturated carbocycles. The minimum Gasteiger partial charge on any atom is -0.497 e. The highest BCUT2D eigenvalue weighted by Gasteiger charge is 2.30. The fourth-order valence-corrected chi connectivity index (χ4v) is 2.05. The molecule has 18 heavy (non-hydrogen) atoms. The highest BCUT2D eigenvalue weighted by Crippen LogP contribution is 2.30. The number of methoxy groups -OCH3 is 1. The Labute approximate surface area is 116 Å². The summed E-state index contributed by atoms with van der Waals surface area (Å²) in [5.41, 5.74) is 0.340. The summed E-state index contributed by atoms with van der Waals surface area (Å²) in [5, 5.41) is 10.5.